The summed E-state index contributed by atoms with van der Waals surface area (Å²) >= 11 is 0. The Kier molecular flexibility index (Phi) is 10.5. The molecule has 0 aliphatic rings. The highest BCUT2D eigenvalue weighted by atomic mass is 16.6. The summed E-state index contributed by atoms with van der Waals surface area (Å²) in [7, 11) is 1.51. The minimum atomic E-state index is -0.466. The minimum absolute atomic E-state index is 0.217. The molecule has 2 rings (SSSR count). The molecular weight excluding hydrogens is 366 g/mol. The zero-order valence-electron chi connectivity index (χ0n) is 16.0. The third-order valence-corrected chi connectivity index (χ3v) is 3.57. The molecule has 0 radical (unpaired) electrons. The fraction of sp³-hybridized carbons (Fsp3) is 0.474. The van der Waals surface area contributed by atoms with Crippen LogP contribution >= 0.6 is 0 Å². The van der Waals surface area contributed by atoms with Gasteiger partial charge >= 0.3 is 6.09 Å². The number of alkyl carbamates (subject to hydrolysis) is 1. The number of nitrogens with zero attached hydrogens (tertiary/aromatic N) is 1. The molecule has 0 unspecified atom stereocenters. The average Bonchev–Trinajstić information content (AvgIpc) is 3.26. The van der Waals surface area contributed by atoms with Crippen molar-refractivity contribution in [3.05, 3.63) is 36.5 Å². The Balaban J connectivity index is 1.38. The number of benzene rings is 1. The Hall–Kier alpha value is -2.62. The molecular formula is C19H27N3O6. The number of amides is 1. The number of carbonyl (C=O) groups is 1. The Morgan fingerprint density at radius 2 is 1.50 bits per heavy atom. The van der Waals surface area contributed by atoms with E-state index in [2.05, 4.69) is 15.5 Å². The van der Waals surface area contributed by atoms with Crippen molar-refractivity contribution in [2.75, 3.05) is 59.9 Å². The summed E-state index contributed by atoms with van der Waals surface area (Å²) in [5.74, 6) is 0.792. The van der Waals surface area contributed by atoms with Crippen LogP contribution in [0.3, 0.4) is 0 Å². The molecule has 1 aromatic carbocycles. The highest BCUT2D eigenvalue weighted by Crippen LogP contribution is 2.19. The van der Waals surface area contributed by atoms with Crippen LogP contribution in [0.25, 0.3) is 11.3 Å². The fourth-order valence-electron chi connectivity index (χ4n) is 2.17. The first-order valence-corrected chi connectivity index (χ1v) is 9.10. The largest absolute Gasteiger partial charge is 0.491 e. The number of aromatic nitrogens is 2. The summed E-state index contributed by atoms with van der Waals surface area (Å²) < 4.78 is 26.5. The van der Waals surface area contributed by atoms with E-state index < -0.39 is 6.09 Å². The first kappa shape index (κ1) is 21.7. The quantitative estimate of drug-likeness (QED) is 0.472. The monoisotopic (exact) mass is 393 g/mol. The van der Waals surface area contributed by atoms with Crippen LogP contribution in [0.2, 0.25) is 0 Å². The van der Waals surface area contributed by atoms with E-state index in [1.165, 1.54) is 7.05 Å². The van der Waals surface area contributed by atoms with Crippen molar-refractivity contribution < 1.29 is 28.5 Å². The Morgan fingerprint density at radius 3 is 2.07 bits per heavy atom. The molecule has 0 saturated heterocycles. The molecule has 9 heteroatoms. The van der Waals surface area contributed by atoms with Crippen LogP contribution in [0.1, 0.15) is 0 Å². The van der Waals surface area contributed by atoms with E-state index in [1.54, 1.807) is 6.20 Å². The first-order chi connectivity index (χ1) is 13.8. The Bertz CT molecular complexity index is 648. The molecule has 2 aromatic rings. The van der Waals surface area contributed by atoms with Gasteiger partial charge < -0.3 is 29.0 Å². The number of ether oxygens (including phenoxy) is 5. The fourth-order valence-corrected chi connectivity index (χ4v) is 2.17. The third kappa shape index (κ3) is 8.85. The van der Waals surface area contributed by atoms with Gasteiger partial charge in [0.2, 0.25) is 0 Å². The number of nitrogens with one attached hydrogen (secondary N) is 2. The van der Waals surface area contributed by atoms with Crippen LogP contribution in [0, 0.1) is 0 Å². The van der Waals surface area contributed by atoms with Crippen LogP contribution in [0.4, 0.5) is 4.79 Å². The molecule has 0 saturated carbocycles. The number of carbonyl (C=O) groups excluding carboxylic acids is 1. The van der Waals surface area contributed by atoms with Gasteiger partial charge in [0, 0.05) is 13.2 Å². The zero-order valence-corrected chi connectivity index (χ0v) is 16.0. The molecule has 154 valence electrons. The van der Waals surface area contributed by atoms with Crippen LogP contribution < -0.4 is 10.1 Å². The van der Waals surface area contributed by atoms with E-state index in [-0.39, 0.29) is 6.61 Å². The average molecular weight is 393 g/mol. The van der Waals surface area contributed by atoms with Crippen LogP contribution in [-0.2, 0) is 18.9 Å². The molecule has 9 nitrogen and oxygen atoms in total. The summed E-state index contributed by atoms with van der Waals surface area (Å²) in [6, 6.07) is 9.70. The van der Waals surface area contributed by atoms with Gasteiger partial charge in [-0.1, -0.05) is 0 Å². The maximum atomic E-state index is 10.8. The van der Waals surface area contributed by atoms with Crippen molar-refractivity contribution in [3.63, 3.8) is 0 Å². The number of aromatic amines is 1. The molecule has 0 bridgehead atoms. The second kappa shape index (κ2) is 13.5. The molecule has 1 amide bonds. The highest BCUT2D eigenvalue weighted by Gasteiger charge is 2.00. The van der Waals surface area contributed by atoms with Gasteiger partial charge in [-0.15, -0.1) is 0 Å². The number of rotatable bonds is 14. The number of hydrogen-bond donors (Lipinski definition) is 2. The smallest absolute Gasteiger partial charge is 0.406 e. The lowest BCUT2D eigenvalue weighted by atomic mass is 10.1. The van der Waals surface area contributed by atoms with Crippen molar-refractivity contribution in [2.45, 2.75) is 0 Å². The lowest BCUT2D eigenvalue weighted by Crippen LogP contribution is -2.21. The van der Waals surface area contributed by atoms with Crippen molar-refractivity contribution in [1.82, 2.24) is 15.5 Å². The summed E-state index contributed by atoms with van der Waals surface area (Å²) in [6.45, 7) is 3.38. The van der Waals surface area contributed by atoms with E-state index in [9.17, 15) is 4.79 Å². The predicted molar refractivity (Wildman–Crippen MR) is 102 cm³/mol. The third-order valence-electron chi connectivity index (χ3n) is 3.57. The molecule has 2 N–H and O–H groups in total. The maximum absolute atomic E-state index is 10.8. The van der Waals surface area contributed by atoms with Gasteiger partial charge in [0.1, 0.15) is 19.0 Å². The van der Waals surface area contributed by atoms with Crippen molar-refractivity contribution in [3.8, 4) is 17.0 Å². The minimum Gasteiger partial charge on any atom is -0.491 e. The number of H-pyrrole nitrogens is 1. The SMILES string of the molecule is CNC(=O)OCCOCCOCCOCCOc1ccc(-c2ccn[nH]2)cc1. The van der Waals surface area contributed by atoms with Gasteiger partial charge in [0.25, 0.3) is 0 Å². The molecule has 0 fully saturated rings. The van der Waals surface area contributed by atoms with E-state index in [0.717, 1.165) is 17.0 Å². The highest BCUT2D eigenvalue weighted by molar-refractivity contribution is 5.66. The second-order valence-corrected chi connectivity index (χ2v) is 5.57. The normalized spacial score (nSPS) is 10.6. The van der Waals surface area contributed by atoms with Gasteiger partial charge in [-0.25, -0.2) is 4.79 Å². The number of hydrogen-bond acceptors (Lipinski definition) is 7. The first-order valence-electron chi connectivity index (χ1n) is 9.10. The zero-order chi connectivity index (χ0) is 19.9. The predicted octanol–water partition coefficient (Wildman–Crippen LogP) is 1.86. The van der Waals surface area contributed by atoms with Crippen molar-refractivity contribution in [2.24, 2.45) is 0 Å². The second-order valence-electron chi connectivity index (χ2n) is 5.57. The summed E-state index contributed by atoms with van der Waals surface area (Å²) in [6.07, 6.45) is 1.26. The summed E-state index contributed by atoms with van der Waals surface area (Å²) in [5, 5.41) is 9.21. The Labute approximate surface area is 164 Å². The summed E-state index contributed by atoms with van der Waals surface area (Å²) in [5.41, 5.74) is 2.03. The van der Waals surface area contributed by atoms with Crippen LogP contribution in [0.5, 0.6) is 5.75 Å². The topological polar surface area (TPSA) is 104 Å². The van der Waals surface area contributed by atoms with E-state index in [1.807, 2.05) is 30.3 Å². The molecule has 1 aromatic heterocycles. The standard InChI is InChI=1S/C19H27N3O6/c1-20-19(23)28-15-13-26-11-9-24-8-10-25-12-14-27-17-4-2-16(3-5-17)18-6-7-21-22-18/h2-7H,8-15H2,1H3,(H,20,23)(H,21,22). The molecule has 0 atom stereocenters. The lowest BCUT2D eigenvalue weighted by Gasteiger charge is -2.09. The van der Waals surface area contributed by atoms with Gasteiger partial charge in [-0.2, -0.15) is 5.10 Å². The Morgan fingerprint density at radius 1 is 0.893 bits per heavy atom. The van der Waals surface area contributed by atoms with E-state index in [4.69, 9.17) is 23.7 Å². The van der Waals surface area contributed by atoms with Gasteiger partial charge in [0.05, 0.1) is 45.3 Å². The van der Waals surface area contributed by atoms with Crippen LogP contribution in [-0.4, -0.2) is 76.2 Å². The molecule has 1 heterocycles. The molecule has 28 heavy (non-hydrogen) atoms. The van der Waals surface area contributed by atoms with Crippen molar-refractivity contribution in [1.29, 1.82) is 0 Å². The van der Waals surface area contributed by atoms with Gasteiger partial charge in [-0.05, 0) is 35.9 Å². The molecule has 0 spiro atoms. The van der Waals surface area contributed by atoms with Gasteiger partial charge in [-0.3, -0.25) is 5.10 Å². The summed E-state index contributed by atoms with van der Waals surface area (Å²) in [4.78, 5) is 10.8. The van der Waals surface area contributed by atoms with Crippen LogP contribution in [0.15, 0.2) is 36.5 Å². The van der Waals surface area contributed by atoms with Gasteiger partial charge in [0.15, 0.2) is 0 Å². The van der Waals surface area contributed by atoms with Crippen molar-refractivity contribution >= 4 is 6.09 Å². The van der Waals surface area contributed by atoms with E-state index in [0.29, 0.717) is 46.2 Å². The molecule has 0 aliphatic carbocycles. The maximum Gasteiger partial charge on any atom is 0.406 e. The lowest BCUT2D eigenvalue weighted by molar-refractivity contribution is 0.00204. The van der Waals surface area contributed by atoms with E-state index >= 15 is 0 Å². The molecule has 0 aliphatic heterocycles.